The lowest BCUT2D eigenvalue weighted by Crippen LogP contribution is -2.30. The van der Waals surface area contributed by atoms with Crippen LogP contribution >= 0.6 is 0 Å². The van der Waals surface area contributed by atoms with Crippen LogP contribution in [-0.4, -0.2) is 12.4 Å². The standard InChI is InChI=1S/C8H14O2/c1-4-7-5-9-8(2,3)10-6-7/h5H,4,6H2,1-3H3. The Hall–Kier alpha value is -0.500. The second kappa shape index (κ2) is 2.62. The van der Waals surface area contributed by atoms with E-state index in [-0.39, 0.29) is 0 Å². The topological polar surface area (TPSA) is 18.5 Å². The molecule has 0 aliphatic carbocycles. The SMILES string of the molecule is CCC1=COC(C)(C)OC1. The van der Waals surface area contributed by atoms with E-state index in [1.54, 1.807) is 0 Å². The molecule has 0 amide bonds. The smallest absolute Gasteiger partial charge is 0.204 e. The zero-order valence-electron chi connectivity index (χ0n) is 6.81. The lowest BCUT2D eigenvalue weighted by molar-refractivity contribution is -0.189. The highest BCUT2D eigenvalue weighted by molar-refractivity contribution is 5.00. The molecule has 0 aromatic carbocycles. The van der Waals surface area contributed by atoms with Gasteiger partial charge in [0.2, 0.25) is 5.79 Å². The largest absolute Gasteiger partial charge is 0.471 e. The van der Waals surface area contributed by atoms with Gasteiger partial charge in [-0.25, -0.2) is 0 Å². The molecule has 0 radical (unpaired) electrons. The third-order valence-electron chi connectivity index (χ3n) is 1.57. The van der Waals surface area contributed by atoms with Gasteiger partial charge in [-0.15, -0.1) is 0 Å². The molecule has 1 aliphatic rings. The monoisotopic (exact) mass is 142 g/mol. The molecule has 0 aromatic heterocycles. The zero-order chi connectivity index (χ0) is 7.61. The van der Waals surface area contributed by atoms with Crippen molar-refractivity contribution in [2.75, 3.05) is 6.61 Å². The Labute approximate surface area is 61.8 Å². The van der Waals surface area contributed by atoms with Crippen LogP contribution < -0.4 is 0 Å². The highest BCUT2D eigenvalue weighted by atomic mass is 16.7. The van der Waals surface area contributed by atoms with Crippen LogP contribution in [0.15, 0.2) is 11.8 Å². The number of rotatable bonds is 1. The summed E-state index contributed by atoms with van der Waals surface area (Å²) in [7, 11) is 0. The van der Waals surface area contributed by atoms with Gasteiger partial charge >= 0.3 is 0 Å². The Bertz CT molecular complexity index is 147. The fourth-order valence-corrected chi connectivity index (χ4v) is 0.745. The normalized spacial score (nSPS) is 23.3. The van der Waals surface area contributed by atoms with E-state index in [9.17, 15) is 0 Å². The lowest BCUT2D eigenvalue weighted by atomic mass is 10.2. The molecule has 0 atom stereocenters. The van der Waals surface area contributed by atoms with Gasteiger partial charge in [0.05, 0.1) is 12.9 Å². The first kappa shape index (κ1) is 7.61. The third-order valence-corrected chi connectivity index (χ3v) is 1.57. The molecule has 1 heterocycles. The Balaban J connectivity index is 2.52. The molecule has 0 unspecified atom stereocenters. The second-order valence-corrected chi connectivity index (χ2v) is 2.94. The third kappa shape index (κ3) is 1.74. The van der Waals surface area contributed by atoms with Crippen LogP contribution in [0.5, 0.6) is 0 Å². The van der Waals surface area contributed by atoms with Crippen molar-refractivity contribution in [1.82, 2.24) is 0 Å². The van der Waals surface area contributed by atoms with E-state index in [0.717, 1.165) is 6.42 Å². The molecule has 0 bridgehead atoms. The molecule has 0 aromatic rings. The maximum absolute atomic E-state index is 5.38. The van der Waals surface area contributed by atoms with E-state index in [4.69, 9.17) is 9.47 Å². The Kier molecular flexibility index (Phi) is 2.00. The second-order valence-electron chi connectivity index (χ2n) is 2.94. The lowest BCUT2D eigenvalue weighted by Gasteiger charge is -2.29. The molecule has 2 heteroatoms. The van der Waals surface area contributed by atoms with Crippen molar-refractivity contribution in [3.05, 3.63) is 11.8 Å². The summed E-state index contributed by atoms with van der Waals surface area (Å²) in [5, 5.41) is 0. The van der Waals surface area contributed by atoms with Gasteiger partial charge in [-0.2, -0.15) is 0 Å². The van der Waals surface area contributed by atoms with Gasteiger partial charge in [0.1, 0.15) is 0 Å². The van der Waals surface area contributed by atoms with Crippen LogP contribution in [0.3, 0.4) is 0 Å². The van der Waals surface area contributed by atoms with Crippen LogP contribution in [0, 0.1) is 0 Å². The first-order chi connectivity index (χ1) is 4.64. The maximum atomic E-state index is 5.38. The molecule has 0 N–H and O–H groups in total. The average Bonchev–Trinajstić information content (AvgIpc) is 1.88. The van der Waals surface area contributed by atoms with Crippen LogP contribution in [0.25, 0.3) is 0 Å². The van der Waals surface area contributed by atoms with Crippen molar-refractivity contribution in [1.29, 1.82) is 0 Å². The highest BCUT2D eigenvalue weighted by Crippen LogP contribution is 2.20. The quantitative estimate of drug-likeness (QED) is 0.558. The van der Waals surface area contributed by atoms with Crippen molar-refractivity contribution >= 4 is 0 Å². The van der Waals surface area contributed by atoms with Gasteiger partial charge in [-0.1, -0.05) is 6.92 Å². The minimum Gasteiger partial charge on any atom is -0.471 e. The van der Waals surface area contributed by atoms with E-state index < -0.39 is 5.79 Å². The van der Waals surface area contributed by atoms with Crippen molar-refractivity contribution in [2.24, 2.45) is 0 Å². The first-order valence-corrected chi connectivity index (χ1v) is 3.64. The summed E-state index contributed by atoms with van der Waals surface area (Å²) in [4.78, 5) is 0. The maximum Gasteiger partial charge on any atom is 0.204 e. The van der Waals surface area contributed by atoms with Crippen molar-refractivity contribution in [2.45, 2.75) is 33.0 Å². The van der Waals surface area contributed by atoms with E-state index in [0.29, 0.717) is 6.61 Å². The fraction of sp³-hybridized carbons (Fsp3) is 0.750. The predicted molar refractivity (Wildman–Crippen MR) is 39.5 cm³/mol. The van der Waals surface area contributed by atoms with Gasteiger partial charge in [-0.05, 0) is 12.0 Å². The summed E-state index contributed by atoms with van der Waals surface area (Å²) in [6, 6.07) is 0. The van der Waals surface area contributed by atoms with Gasteiger partial charge < -0.3 is 9.47 Å². The molecule has 0 saturated carbocycles. The summed E-state index contributed by atoms with van der Waals surface area (Å²) < 4.78 is 10.7. The predicted octanol–water partition coefficient (Wildman–Crippen LogP) is 2.06. The number of hydrogen-bond acceptors (Lipinski definition) is 2. The molecule has 1 rings (SSSR count). The van der Waals surface area contributed by atoms with Gasteiger partial charge in [0, 0.05) is 13.8 Å². The molecular weight excluding hydrogens is 128 g/mol. The molecule has 58 valence electrons. The summed E-state index contributed by atoms with van der Waals surface area (Å²) in [6.45, 7) is 6.63. The molecule has 2 nitrogen and oxygen atoms in total. The number of hydrogen-bond donors (Lipinski definition) is 0. The Morgan fingerprint density at radius 2 is 2.30 bits per heavy atom. The van der Waals surface area contributed by atoms with Crippen LogP contribution in [0.1, 0.15) is 27.2 Å². The summed E-state index contributed by atoms with van der Waals surface area (Å²) in [6.07, 6.45) is 2.82. The molecule has 0 fully saturated rings. The Morgan fingerprint density at radius 1 is 1.60 bits per heavy atom. The first-order valence-electron chi connectivity index (χ1n) is 3.64. The average molecular weight is 142 g/mol. The van der Waals surface area contributed by atoms with Crippen molar-refractivity contribution < 1.29 is 9.47 Å². The van der Waals surface area contributed by atoms with E-state index in [2.05, 4.69) is 6.92 Å². The van der Waals surface area contributed by atoms with Gasteiger partial charge in [0.15, 0.2) is 0 Å². The van der Waals surface area contributed by atoms with Crippen LogP contribution in [0.4, 0.5) is 0 Å². The van der Waals surface area contributed by atoms with Gasteiger partial charge in [0.25, 0.3) is 0 Å². The van der Waals surface area contributed by atoms with E-state index >= 15 is 0 Å². The summed E-state index contributed by atoms with van der Waals surface area (Å²) in [5.41, 5.74) is 1.22. The van der Waals surface area contributed by atoms with E-state index in [1.165, 1.54) is 5.57 Å². The van der Waals surface area contributed by atoms with Gasteiger partial charge in [-0.3, -0.25) is 0 Å². The van der Waals surface area contributed by atoms with Crippen LogP contribution in [-0.2, 0) is 9.47 Å². The Morgan fingerprint density at radius 3 is 2.70 bits per heavy atom. The molecule has 0 saturated heterocycles. The summed E-state index contributed by atoms with van der Waals surface area (Å²) >= 11 is 0. The molecule has 0 spiro atoms. The minimum absolute atomic E-state index is 0.418. The van der Waals surface area contributed by atoms with Crippen LogP contribution in [0.2, 0.25) is 0 Å². The molecule has 1 aliphatic heterocycles. The molecular formula is C8H14O2. The van der Waals surface area contributed by atoms with Crippen molar-refractivity contribution in [3.63, 3.8) is 0 Å². The minimum atomic E-state index is -0.418. The van der Waals surface area contributed by atoms with Crippen molar-refractivity contribution in [3.8, 4) is 0 Å². The fourth-order valence-electron chi connectivity index (χ4n) is 0.745. The zero-order valence-corrected chi connectivity index (χ0v) is 6.81. The number of ether oxygens (including phenoxy) is 2. The summed E-state index contributed by atoms with van der Waals surface area (Å²) in [5.74, 6) is -0.418. The molecule has 10 heavy (non-hydrogen) atoms. The highest BCUT2D eigenvalue weighted by Gasteiger charge is 2.22. The van der Waals surface area contributed by atoms with E-state index in [1.807, 2.05) is 20.1 Å².